The van der Waals surface area contributed by atoms with Crippen molar-refractivity contribution >= 4 is 33.1 Å². The number of benzene rings is 1. The molecule has 6 nitrogen and oxygen atoms in total. The highest BCUT2D eigenvalue weighted by Crippen LogP contribution is 2.21. The molecule has 7 heteroatoms. The number of fused-ring (bicyclic) bond motifs is 1. The van der Waals surface area contributed by atoms with Crippen molar-refractivity contribution < 1.29 is 4.79 Å². The zero-order valence-corrected chi connectivity index (χ0v) is 13.9. The summed E-state index contributed by atoms with van der Waals surface area (Å²) < 4.78 is 0. The second-order valence-electron chi connectivity index (χ2n) is 5.73. The van der Waals surface area contributed by atoms with Gasteiger partial charge in [0.2, 0.25) is 0 Å². The number of hydrogen-bond acceptors (Lipinski definition) is 6. The smallest absolute Gasteiger partial charge is 0.275 e. The van der Waals surface area contributed by atoms with E-state index in [4.69, 9.17) is 0 Å². The maximum atomic E-state index is 13.0. The van der Waals surface area contributed by atoms with Crippen molar-refractivity contribution in [3.63, 3.8) is 0 Å². The molecule has 0 aliphatic carbocycles. The molecule has 1 amide bonds. The van der Waals surface area contributed by atoms with Crippen LogP contribution in [0.2, 0.25) is 0 Å². The van der Waals surface area contributed by atoms with Gasteiger partial charge in [-0.2, -0.15) is 5.10 Å². The molecule has 1 saturated heterocycles. The Bertz CT molecular complexity index is 846. The zero-order valence-electron chi connectivity index (χ0n) is 13.1. The molecule has 3 heterocycles. The van der Waals surface area contributed by atoms with Crippen LogP contribution in [0.15, 0.2) is 42.0 Å². The molecular formula is C17H17N5OS. The van der Waals surface area contributed by atoms with Gasteiger partial charge in [0.1, 0.15) is 0 Å². The van der Waals surface area contributed by atoms with Crippen molar-refractivity contribution in [3.8, 4) is 0 Å². The molecule has 4 rings (SSSR count). The molecule has 2 aromatic heterocycles. The minimum absolute atomic E-state index is 0.0414. The molecule has 0 atom stereocenters. The van der Waals surface area contributed by atoms with E-state index in [1.165, 1.54) is 0 Å². The lowest BCUT2D eigenvalue weighted by molar-refractivity contribution is 0.0762. The Morgan fingerprint density at radius 2 is 2.04 bits per heavy atom. The Morgan fingerprint density at radius 1 is 1.12 bits per heavy atom. The highest BCUT2D eigenvalue weighted by Gasteiger charge is 2.23. The first-order valence-corrected chi connectivity index (χ1v) is 8.85. The van der Waals surface area contributed by atoms with Gasteiger partial charge in [-0.3, -0.25) is 4.79 Å². The van der Waals surface area contributed by atoms with Crippen LogP contribution >= 0.6 is 11.3 Å². The molecule has 0 saturated carbocycles. The van der Waals surface area contributed by atoms with E-state index in [-0.39, 0.29) is 5.91 Å². The van der Waals surface area contributed by atoms with Gasteiger partial charge in [-0.1, -0.05) is 24.3 Å². The zero-order chi connectivity index (χ0) is 16.4. The molecule has 0 radical (unpaired) electrons. The number of carbonyl (C=O) groups excluding carboxylic acids is 1. The highest BCUT2D eigenvalue weighted by molar-refractivity contribution is 7.13. The van der Waals surface area contributed by atoms with Crippen LogP contribution in [0, 0.1) is 0 Å². The predicted molar refractivity (Wildman–Crippen MR) is 94.4 cm³/mol. The number of hydrogen-bond donors (Lipinski definition) is 0. The molecule has 1 aliphatic rings. The largest absolute Gasteiger partial charge is 0.346 e. The number of thiazole rings is 1. The maximum Gasteiger partial charge on any atom is 0.275 e. The van der Waals surface area contributed by atoms with Gasteiger partial charge < -0.3 is 9.80 Å². The molecule has 0 N–H and O–H groups in total. The van der Waals surface area contributed by atoms with E-state index in [0.29, 0.717) is 12.2 Å². The van der Waals surface area contributed by atoms with E-state index in [0.717, 1.165) is 42.0 Å². The average molecular weight is 339 g/mol. The van der Waals surface area contributed by atoms with E-state index in [2.05, 4.69) is 20.1 Å². The Balaban J connectivity index is 1.56. The first kappa shape index (κ1) is 15.0. The summed E-state index contributed by atoms with van der Waals surface area (Å²) in [5.74, 6) is -0.0414. The first-order chi connectivity index (χ1) is 11.8. The van der Waals surface area contributed by atoms with E-state index >= 15 is 0 Å². The second-order valence-corrected chi connectivity index (χ2v) is 6.60. The van der Waals surface area contributed by atoms with E-state index in [1.807, 2.05) is 40.7 Å². The standard InChI is InChI=1S/C17H17N5OS/c23-16(15-14-5-2-1-4-13(14)12-19-20-15)21-7-3-8-22(10-9-21)17-18-6-11-24-17/h1-2,4-6,11-12H,3,7-10H2. The molecule has 1 aliphatic heterocycles. The fraction of sp³-hybridized carbons (Fsp3) is 0.294. The van der Waals surface area contributed by atoms with E-state index < -0.39 is 0 Å². The van der Waals surface area contributed by atoms with E-state index in [9.17, 15) is 4.79 Å². The molecule has 122 valence electrons. The lowest BCUT2D eigenvalue weighted by atomic mass is 10.1. The third kappa shape index (κ3) is 2.82. The number of amides is 1. The third-order valence-corrected chi connectivity index (χ3v) is 5.08. The lowest BCUT2D eigenvalue weighted by Crippen LogP contribution is -2.35. The van der Waals surface area contributed by atoms with Crippen molar-refractivity contribution in [3.05, 3.63) is 47.7 Å². The van der Waals surface area contributed by atoms with Gasteiger partial charge in [0, 0.05) is 48.5 Å². The van der Waals surface area contributed by atoms with E-state index in [1.54, 1.807) is 17.5 Å². The van der Waals surface area contributed by atoms with Gasteiger partial charge in [0.15, 0.2) is 10.8 Å². The number of rotatable bonds is 2. The Morgan fingerprint density at radius 3 is 2.92 bits per heavy atom. The molecular weight excluding hydrogens is 322 g/mol. The van der Waals surface area contributed by atoms with Crippen LogP contribution in [0.5, 0.6) is 0 Å². The normalized spacial score (nSPS) is 15.5. The van der Waals surface area contributed by atoms with Gasteiger partial charge in [-0.05, 0) is 6.42 Å². The number of carbonyl (C=O) groups is 1. The van der Waals surface area contributed by atoms with Crippen LogP contribution in [0.1, 0.15) is 16.9 Å². The topological polar surface area (TPSA) is 62.2 Å². The molecule has 0 bridgehead atoms. The number of nitrogens with zero attached hydrogens (tertiary/aromatic N) is 5. The average Bonchev–Trinajstić information content (AvgIpc) is 3.05. The summed E-state index contributed by atoms with van der Waals surface area (Å²) in [6, 6.07) is 7.74. The number of aromatic nitrogens is 3. The van der Waals surface area contributed by atoms with Gasteiger partial charge in [-0.15, -0.1) is 16.4 Å². The Kier molecular flexibility index (Phi) is 4.08. The van der Waals surface area contributed by atoms with Crippen LogP contribution in [-0.4, -0.2) is 52.2 Å². The van der Waals surface area contributed by atoms with Gasteiger partial charge >= 0.3 is 0 Å². The first-order valence-electron chi connectivity index (χ1n) is 7.97. The summed E-state index contributed by atoms with van der Waals surface area (Å²) in [7, 11) is 0. The monoisotopic (exact) mass is 339 g/mol. The highest BCUT2D eigenvalue weighted by atomic mass is 32.1. The van der Waals surface area contributed by atoms with Crippen LogP contribution in [0.4, 0.5) is 5.13 Å². The lowest BCUT2D eigenvalue weighted by Gasteiger charge is -2.21. The van der Waals surface area contributed by atoms with Crippen LogP contribution < -0.4 is 4.90 Å². The minimum atomic E-state index is -0.0414. The van der Waals surface area contributed by atoms with Crippen molar-refractivity contribution in [1.82, 2.24) is 20.1 Å². The second kappa shape index (κ2) is 6.52. The van der Waals surface area contributed by atoms with Crippen molar-refractivity contribution in [2.75, 3.05) is 31.1 Å². The summed E-state index contributed by atoms with van der Waals surface area (Å²) in [4.78, 5) is 21.4. The molecule has 24 heavy (non-hydrogen) atoms. The summed E-state index contributed by atoms with van der Waals surface area (Å²) in [5, 5.41) is 12.9. The third-order valence-electron chi connectivity index (χ3n) is 4.25. The van der Waals surface area contributed by atoms with Crippen molar-refractivity contribution in [1.29, 1.82) is 0 Å². The minimum Gasteiger partial charge on any atom is -0.346 e. The predicted octanol–water partition coefficient (Wildman–Crippen LogP) is 2.44. The summed E-state index contributed by atoms with van der Waals surface area (Å²) >= 11 is 1.64. The molecule has 0 unspecified atom stereocenters. The van der Waals surface area contributed by atoms with Crippen LogP contribution in [0.25, 0.3) is 10.8 Å². The maximum absolute atomic E-state index is 13.0. The summed E-state index contributed by atoms with van der Waals surface area (Å²) in [6.45, 7) is 3.10. The van der Waals surface area contributed by atoms with Gasteiger partial charge in [-0.25, -0.2) is 4.98 Å². The summed E-state index contributed by atoms with van der Waals surface area (Å²) in [6.07, 6.45) is 4.43. The SMILES string of the molecule is O=C(c1nncc2ccccc12)N1CCCN(c2nccs2)CC1. The van der Waals surface area contributed by atoms with Crippen molar-refractivity contribution in [2.24, 2.45) is 0 Å². The Labute approximate surface area is 143 Å². The molecule has 0 spiro atoms. The molecule has 1 aromatic carbocycles. The summed E-state index contributed by atoms with van der Waals surface area (Å²) in [5.41, 5.74) is 0.441. The van der Waals surface area contributed by atoms with Gasteiger partial charge in [0.05, 0.1) is 6.20 Å². The Hall–Kier alpha value is -2.54. The molecule has 1 fully saturated rings. The quantitative estimate of drug-likeness (QED) is 0.718. The fourth-order valence-electron chi connectivity index (χ4n) is 3.02. The molecule has 3 aromatic rings. The van der Waals surface area contributed by atoms with Gasteiger partial charge in [0.25, 0.3) is 5.91 Å². The fourth-order valence-corrected chi connectivity index (χ4v) is 3.72. The van der Waals surface area contributed by atoms with Crippen LogP contribution in [-0.2, 0) is 0 Å². The van der Waals surface area contributed by atoms with Crippen LogP contribution in [0.3, 0.4) is 0 Å². The number of anilines is 1. The van der Waals surface area contributed by atoms with Crippen molar-refractivity contribution in [2.45, 2.75) is 6.42 Å².